The first-order valence-electron chi connectivity index (χ1n) is 7.04. The first kappa shape index (κ1) is 14.3. The van der Waals surface area contributed by atoms with Crippen LogP contribution in [0.5, 0.6) is 0 Å². The summed E-state index contributed by atoms with van der Waals surface area (Å²) < 4.78 is 7.42. The summed E-state index contributed by atoms with van der Waals surface area (Å²) in [7, 11) is 1.71. The van der Waals surface area contributed by atoms with Crippen LogP contribution in [-0.4, -0.2) is 40.6 Å². The number of imidazole rings is 1. The van der Waals surface area contributed by atoms with Crippen molar-refractivity contribution >= 4 is 17.2 Å². The number of fused-ring (bicyclic) bond motifs is 1. The number of methoxy groups -OCH3 is 1. The number of amides is 1. The number of nitrogens with zero attached hydrogens (tertiary/aromatic N) is 3. The van der Waals surface area contributed by atoms with Gasteiger partial charge in [0.25, 0.3) is 0 Å². The zero-order valence-corrected chi connectivity index (χ0v) is 12.9. The molecule has 2 aromatic heterocycles. The minimum Gasteiger partial charge on any atom is -0.384 e. The van der Waals surface area contributed by atoms with E-state index in [1.54, 1.807) is 18.4 Å². The van der Waals surface area contributed by atoms with Gasteiger partial charge in [-0.25, -0.2) is 4.98 Å². The highest BCUT2D eigenvalue weighted by Gasteiger charge is 2.25. The van der Waals surface area contributed by atoms with Crippen molar-refractivity contribution in [3.63, 3.8) is 0 Å². The van der Waals surface area contributed by atoms with Crippen molar-refractivity contribution in [1.82, 2.24) is 14.5 Å². The van der Waals surface area contributed by atoms with E-state index in [1.165, 1.54) is 0 Å². The fourth-order valence-electron chi connectivity index (χ4n) is 2.76. The summed E-state index contributed by atoms with van der Waals surface area (Å²) in [4.78, 5) is 19.8. The number of carbonyl (C=O) groups excluding carboxylic acids is 1. The molecule has 5 nitrogen and oxygen atoms in total. The molecule has 0 spiro atoms. The highest BCUT2D eigenvalue weighted by atomic mass is 32.1. The Labute approximate surface area is 128 Å². The Bertz CT molecular complexity index is 594. The summed E-state index contributed by atoms with van der Waals surface area (Å²) in [5.74, 6) is 0.478. The third-order valence-corrected chi connectivity index (χ3v) is 4.62. The normalized spacial score (nSPS) is 18.3. The first-order valence-corrected chi connectivity index (χ1v) is 7.92. The second kappa shape index (κ2) is 6.41. The number of hydrogen-bond acceptors (Lipinski definition) is 4. The lowest BCUT2D eigenvalue weighted by molar-refractivity contribution is -0.131. The van der Waals surface area contributed by atoms with E-state index in [-0.39, 0.29) is 5.91 Å². The van der Waals surface area contributed by atoms with Crippen LogP contribution in [0, 0.1) is 5.92 Å². The van der Waals surface area contributed by atoms with Crippen molar-refractivity contribution in [3.8, 4) is 0 Å². The van der Waals surface area contributed by atoms with Crippen LogP contribution in [0.3, 0.4) is 0 Å². The van der Waals surface area contributed by atoms with E-state index in [0.717, 1.165) is 23.7 Å². The highest BCUT2D eigenvalue weighted by Crippen LogP contribution is 2.18. The van der Waals surface area contributed by atoms with Crippen LogP contribution >= 0.6 is 11.3 Å². The standard InChI is InChI=1S/C15H19N3O2S/c1-20-10-12-7-17(9-13-6-16-11-18(13)8-12)15(19)5-14-3-2-4-21-14/h2-4,6,11-12H,5,7-10H2,1H3. The predicted molar refractivity (Wildman–Crippen MR) is 81.0 cm³/mol. The van der Waals surface area contributed by atoms with Crippen molar-refractivity contribution in [2.75, 3.05) is 20.3 Å². The van der Waals surface area contributed by atoms with Crippen molar-refractivity contribution in [2.24, 2.45) is 5.92 Å². The van der Waals surface area contributed by atoms with Gasteiger partial charge in [-0.15, -0.1) is 11.3 Å². The molecule has 0 radical (unpaired) electrons. The van der Waals surface area contributed by atoms with E-state index in [0.29, 0.717) is 25.5 Å². The van der Waals surface area contributed by atoms with Gasteiger partial charge < -0.3 is 14.2 Å². The molecule has 0 N–H and O–H groups in total. The molecule has 0 fully saturated rings. The first-order chi connectivity index (χ1) is 10.3. The maximum absolute atomic E-state index is 12.6. The van der Waals surface area contributed by atoms with Crippen molar-refractivity contribution < 1.29 is 9.53 Å². The number of rotatable bonds is 4. The lowest BCUT2D eigenvalue weighted by Gasteiger charge is -2.23. The van der Waals surface area contributed by atoms with E-state index in [4.69, 9.17) is 4.74 Å². The summed E-state index contributed by atoms with van der Waals surface area (Å²) in [6.07, 6.45) is 4.16. The molecule has 1 atom stereocenters. The van der Waals surface area contributed by atoms with E-state index >= 15 is 0 Å². The van der Waals surface area contributed by atoms with E-state index < -0.39 is 0 Å². The molecule has 0 bridgehead atoms. The van der Waals surface area contributed by atoms with Gasteiger partial charge in [-0.05, 0) is 11.4 Å². The maximum Gasteiger partial charge on any atom is 0.228 e. The van der Waals surface area contributed by atoms with E-state index in [2.05, 4.69) is 9.55 Å². The molecular weight excluding hydrogens is 286 g/mol. The number of aromatic nitrogens is 2. The van der Waals surface area contributed by atoms with E-state index in [1.807, 2.05) is 34.9 Å². The molecule has 21 heavy (non-hydrogen) atoms. The summed E-state index contributed by atoms with van der Waals surface area (Å²) >= 11 is 1.63. The van der Waals surface area contributed by atoms with Crippen LogP contribution in [0.4, 0.5) is 0 Å². The Kier molecular flexibility index (Phi) is 4.36. The zero-order chi connectivity index (χ0) is 14.7. The summed E-state index contributed by atoms with van der Waals surface area (Å²) in [5.41, 5.74) is 1.09. The largest absolute Gasteiger partial charge is 0.384 e. The van der Waals surface area contributed by atoms with Gasteiger partial charge in [0.05, 0.1) is 31.6 Å². The number of thiophene rings is 1. The van der Waals surface area contributed by atoms with Gasteiger partial charge in [-0.1, -0.05) is 6.07 Å². The maximum atomic E-state index is 12.6. The van der Waals surface area contributed by atoms with Gasteiger partial charge in [-0.3, -0.25) is 4.79 Å². The quantitative estimate of drug-likeness (QED) is 0.865. The van der Waals surface area contributed by atoms with Gasteiger partial charge in [0.1, 0.15) is 0 Å². The van der Waals surface area contributed by atoms with Gasteiger partial charge in [0.2, 0.25) is 5.91 Å². The van der Waals surface area contributed by atoms with Crippen LogP contribution in [0.15, 0.2) is 30.0 Å². The number of ether oxygens (including phenoxy) is 1. The smallest absolute Gasteiger partial charge is 0.228 e. The van der Waals surface area contributed by atoms with Gasteiger partial charge in [0.15, 0.2) is 0 Å². The molecule has 0 aliphatic carbocycles. The minimum atomic E-state index is 0.174. The molecule has 0 saturated heterocycles. The molecular formula is C15H19N3O2S. The minimum absolute atomic E-state index is 0.174. The summed E-state index contributed by atoms with van der Waals surface area (Å²) in [6.45, 7) is 2.87. The van der Waals surface area contributed by atoms with Gasteiger partial charge in [0, 0.05) is 37.2 Å². The average Bonchev–Trinajstić information content (AvgIpc) is 3.08. The average molecular weight is 305 g/mol. The Morgan fingerprint density at radius 1 is 1.52 bits per heavy atom. The topological polar surface area (TPSA) is 47.4 Å². The second-order valence-electron chi connectivity index (χ2n) is 5.39. The fourth-order valence-corrected chi connectivity index (χ4v) is 3.45. The zero-order valence-electron chi connectivity index (χ0n) is 12.1. The molecule has 0 aromatic carbocycles. The SMILES string of the molecule is COCC1CN(C(=O)Cc2cccs2)Cc2cncn2C1. The van der Waals surface area contributed by atoms with Crippen LogP contribution in [0.2, 0.25) is 0 Å². The third kappa shape index (κ3) is 3.33. The molecule has 6 heteroatoms. The fraction of sp³-hybridized carbons (Fsp3) is 0.467. The van der Waals surface area contributed by atoms with Crippen molar-refractivity contribution in [2.45, 2.75) is 19.5 Å². The van der Waals surface area contributed by atoms with Crippen molar-refractivity contribution in [1.29, 1.82) is 0 Å². The molecule has 3 rings (SSSR count). The lowest BCUT2D eigenvalue weighted by atomic mass is 10.1. The molecule has 112 valence electrons. The molecule has 1 unspecified atom stereocenters. The highest BCUT2D eigenvalue weighted by molar-refractivity contribution is 7.10. The van der Waals surface area contributed by atoms with Crippen LogP contribution < -0.4 is 0 Å². The molecule has 2 aromatic rings. The number of hydrogen-bond donors (Lipinski definition) is 0. The van der Waals surface area contributed by atoms with Crippen molar-refractivity contribution in [3.05, 3.63) is 40.6 Å². The predicted octanol–water partition coefficient (Wildman–Crippen LogP) is 1.79. The van der Waals surface area contributed by atoms with Gasteiger partial charge in [-0.2, -0.15) is 0 Å². The molecule has 0 saturated carbocycles. The Hall–Kier alpha value is -1.66. The van der Waals surface area contributed by atoms with Crippen LogP contribution in [-0.2, 0) is 29.0 Å². The Morgan fingerprint density at radius 3 is 3.19 bits per heavy atom. The number of carbonyl (C=O) groups is 1. The Morgan fingerprint density at radius 2 is 2.43 bits per heavy atom. The van der Waals surface area contributed by atoms with E-state index in [9.17, 15) is 4.79 Å². The molecule has 1 amide bonds. The monoisotopic (exact) mass is 305 g/mol. The summed E-state index contributed by atoms with van der Waals surface area (Å²) in [6, 6.07) is 4.00. The summed E-state index contributed by atoms with van der Waals surface area (Å²) in [5, 5.41) is 2.01. The molecule has 1 aliphatic heterocycles. The third-order valence-electron chi connectivity index (χ3n) is 3.75. The van der Waals surface area contributed by atoms with Gasteiger partial charge >= 0.3 is 0 Å². The second-order valence-corrected chi connectivity index (χ2v) is 6.42. The molecule has 3 heterocycles. The van der Waals surface area contributed by atoms with Crippen LogP contribution in [0.25, 0.3) is 0 Å². The Balaban J connectivity index is 1.75. The molecule has 1 aliphatic rings. The lowest BCUT2D eigenvalue weighted by Crippen LogP contribution is -2.36. The van der Waals surface area contributed by atoms with Crippen LogP contribution in [0.1, 0.15) is 10.6 Å².